The number of carbonyl (C=O) groups is 1. The fraction of sp³-hybridized carbons (Fsp3) is 0.364. The average molecular weight is 281 g/mol. The van der Waals surface area contributed by atoms with Gasteiger partial charge in [0.1, 0.15) is 5.60 Å². The number of rotatable bonds is 1. The van der Waals surface area contributed by atoms with Gasteiger partial charge in [0.15, 0.2) is 0 Å². The van der Waals surface area contributed by atoms with Gasteiger partial charge in [0.25, 0.3) is 5.97 Å². The molecule has 0 atom stereocenters. The van der Waals surface area contributed by atoms with Crippen molar-refractivity contribution in [2.45, 2.75) is 26.4 Å². The molecule has 0 radical (unpaired) electrons. The van der Waals surface area contributed by atoms with Crippen LogP contribution in [0.3, 0.4) is 0 Å². The first-order chi connectivity index (χ1) is 5.99. The average Bonchev–Trinajstić information content (AvgIpc) is 2.03. The molecule has 0 saturated heterocycles. The van der Waals surface area contributed by atoms with E-state index in [-0.39, 0.29) is 46.0 Å². The van der Waals surface area contributed by atoms with Crippen molar-refractivity contribution in [3.8, 4) is 0 Å². The smallest absolute Gasteiger partial charge is 1.00 e. The summed E-state index contributed by atoms with van der Waals surface area (Å²) in [4.78, 5) is 11.4. The van der Waals surface area contributed by atoms with Crippen LogP contribution in [-0.4, -0.2) is 34.6 Å². The molecule has 1 aromatic rings. The van der Waals surface area contributed by atoms with E-state index < -0.39 is 5.60 Å². The van der Waals surface area contributed by atoms with Crippen molar-refractivity contribution < 1.29 is 26.5 Å². The molecule has 0 N–H and O–H groups in total. The second-order valence-electron chi connectivity index (χ2n) is 3.79. The van der Waals surface area contributed by atoms with Crippen LogP contribution in [0.25, 0.3) is 0 Å². The zero-order chi connectivity index (χ0) is 9.90. The Morgan fingerprint density at radius 1 is 1.40 bits per heavy atom. The minimum absolute atomic E-state index is 0. The largest absolute Gasteiger partial charge is 2.00 e. The van der Waals surface area contributed by atoms with Gasteiger partial charge in [-0.3, -0.25) is 4.79 Å². The molecular formula is C11H13BrMgO2. The van der Waals surface area contributed by atoms with Crippen LogP contribution in [0.15, 0.2) is 24.3 Å². The van der Waals surface area contributed by atoms with E-state index in [0.717, 1.165) is 0 Å². The second kappa shape index (κ2) is 7.25. The summed E-state index contributed by atoms with van der Waals surface area (Å²) in [5.41, 5.74) is 0.102. The van der Waals surface area contributed by atoms with Gasteiger partial charge in [0.05, 0.1) is 0 Å². The van der Waals surface area contributed by atoms with Crippen LogP contribution >= 0.6 is 0 Å². The number of halogens is 1. The maximum atomic E-state index is 11.4. The Kier molecular flexibility index (Phi) is 8.38. The molecule has 0 aliphatic rings. The number of esters is 1. The molecule has 15 heavy (non-hydrogen) atoms. The Hall–Kier alpha value is -0.0638. The SMILES string of the molecule is CC(C)(C)OC(=O)c1c[c-]ccc1.[Br-].[Mg+2]. The van der Waals surface area contributed by atoms with Crippen LogP contribution in [0.2, 0.25) is 0 Å². The van der Waals surface area contributed by atoms with Crippen molar-refractivity contribution in [3.05, 3.63) is 35.9 Å². The maximum absolute atomic E-state index is 11.4. The molecule has 0 aromatic heterocycles. The number of ether oxygens (including phenoxy) is 1. The quantitative estimate of drug-likeness (QED) is 0.377. The number of carbonyl (C=O) groups excluding carboxylic acids is 1. The van der Waals surface area contributed by atoms with Crippen molar-refractivity contribution in [2.75, 3.05) is 0 Å². The van der Waals surface area contributed by atoms with E-state index in [1.54, 1.807) is 24.3 Å². The van der Waals surface area contributed by atoms with Gasteiger partial charge < -0.3 is 21.7 Å². The summed E-state index contributed by atoms with van der Waals surface area (Å²) in [6, 6.07) is 9.67. The maximum Gasteiger partial charge on any atom is 2.00 e. The molecular weight excluding hydrogens is 268 g/mol. The molecule has 0 aliphatic heterocycles. The Labute approximate surface area is 117 Å². The summed E-state index contributed by atoms with van der Waals surface area (Å²) in [5, 5.41) is 0. The standard InChI is InChI=1S/C11H13O2.BrH.Mg/c1-11(2,3)13-10(12)9-7-5-4-6-8-9;;/h4-5,7-8H,1-3H3;1H;/q-1;;+2/p-1. The fourth-order valence-corrected chi connectivity index (χ4v) is 0.857. The molecule has 0 amide bonds. The van der Waals surface area contributed by atoms with Gasteiger partial charge in [-0.2, -0.15) is 30.3 Å². The van der Waals surface area contributed by atoms with E-state index in [9.17, 15) is 4.79 Å². The normalized spacial score (nSPS) is 9.53. The summed E-state index contributed by atoms with van der Waals surface area (Å²) >= 11 is 0. The third-order valence-electron chi connectivity index (χ3n) is 1.34. The number of benzene rings is 1. The summed E-state index contributed by atoms with van der Waals surface area (Å²) < 4.78 is 5.16. The Morgan fingerprint density at radius 2 is 2.00 bits per heavy atom. The Morgan fingerprint density at radius 3 is 2.40 bits per heavy atom. The van der Waals surface area contributed by atoms with E-state index in [1.165, 1.54) is 0 Å². The molecule has 0 heterocycles. The zero-order valence-corrected chi connectivity index (χ0v) is 12.2. The molecule has 0 bridgehead atoms. The van der Waals surface area contributed by atoms with Crippen molar-refractivity contribution >= 4 is 29.0 Å². The molecule has 2 nitrogen and oxygen atoms in total. The van der Waals surface area contributed by atoms with Gasteiger partial charge in [-0.1, -0.05) is 5.56 Å². The van der Waals surface area contributed by atoms with Crippen molar-refractivity contribution in [3.63, 3.8) is 0 Å². The van der Waals surface area contributed by atoms with Gasteiger partial charge in [0, 0.05) is 0 Å². The van der Waals surface area contributed by atoms with Gasteiger partial charge in [-0.05, 0) is 20.8 Å². The molecule has 0 unspecified atom stereocenters. The predicted molar refractivity (Wildman–Crippen MR) is 56.2 cm³/mol. The minimum atomic E-state index is -0.438. The molecule has 0 saturated carbocycles. The number of hydrogen-bond donors (Lipinski definition) is 0. The molecule has 4 heteroatoms. The predicted octanol–water partition coefficient (Wildman–Crippen LogP) is -0.935. The molecule has 1 rings (SSSR count). The summed E-state index contributed by atoms with van der Waals surface area (Å²) in [6.45, 7) is 5.53. The molecule has 78 valence electrons. The van der Waals surface area contributed by atoms with Crippen LogP contribution in [-0.2, 0) is 4.74 Å². The topological polar surface area (TPSA) is 26.3 Å². The van der Waals surface area contributed by atoms with Crippen molar-refractivity contribution in [1.82, 2.24) is 0 Å². The Bertz CT molecular complexity index is 293. The minimum Gasteiger partial charge on any atom is -1.00 e. The first-order valence-electron chi connectivity index (χ1n) is 4.18. The van der Waals surface area contributed by atoms with Gasteiger partial charge in [0.2, 0.25) is 0 Å². The third-order valence-corrected chi connectivity index (χ3v) is 1.34. The Balaban J connectivity index is 0. The summed E-state index contributed by atoms with van der Waals surface area (Å²) in [5.74, 6) is -0.302. The summed E-state index contributed by atoms with van der Waals surface area (Å²) in [6.07, 6.45) is 0. The molecule has 1 aromatic carbocycles. The first-order valence-corrected chi connectivity index (χ1v) is 4.18. The monoisotopic (exact) mass is 280 g/mol. The van der Waals surface area contributed by atoms with E-state index in [1.807, 2.05) is 20.8 Å². The third kappa shape index (κ3) is 6.92. The van der Waals surface area contributed by atoms with Crippen LogP contribution in [0.5, 0.6) is 0 Å². The van der Waals surface area contributed by atoms with Crippen molar-refractivity contribution in [1.29, 1.82) is 0 Å². The van der Waals surface area contributed by atoms with E-state index in [2.05, 4.69) is 6.07 Å². The summed E-state index contributed by atoms with van der Waals surface area (Å²) in [7, 11) is 0. The molecule has 0 fully saturated rings. The molecule has 0 spiro atoms. The van der Waals surface area contributed by atoms with Crippen LogP contribution < -0.4 is 17.0 Å². The van der Waals surface area contributed by atoms with Crippen molar-refractivity contribution in [2.24, 2.45) is 0 Å². The van der Waals surface area contributed by atoms with Gasteiger partial charge >= 0.3 is 23.1 Å². The van der Waals surface area contributed by atoms with Gasteiger partial charge in [-0.15, -0.1) is 0 Å². The molecule has 0 aliphatic carbocycles. The van der Waals surface area contributed by atoms with Crippen LogP contribution in [0, 0.1) is 6.07 Å². The van der Waals surface area contributed by atoms with E-state index >= 15 is 0 Å². The second-order valence-corrected chi connectivity index (χ2v) is 3.79. The number of hydrogen-bond acceptors (Lipinski definition) is 2. The van der Waals surface area contributed by atoms with Crippen LogP contribution in [0.4, 0.5) is 0 Å². The van der Waals surface area contributed by atoms with Crippen LogP contribution in [0.1, 0.15) is 31.1 Å². The first kappa shape index (κ1) is 17.3. The van der Waals surface area contributed by atoms with Gasteiger partial charge in [-0.25, -0.2) is 0 Å². The van der Waals surface area contributed by atoms with E-state index in [0.29, 0.717) is 5.56 Å². The zero-order valence-electron chi connectivity index (χ0n) is 9.21. The fourth-order valence-electron chi connectivity index (χ4n) is 0.857. The van der Waals surface area contributed by atoms with E-state index in [4.69, 9.17) is 4.74 Å².